The summed E-state index contributed by atoms with van der Waals surface area (Å²) >= 11 is 0. The summed E-state index contributed by atoms with van der Waals surface area (Å²) in [6.07, 6.45) is -4.55. The molecular formula is C34H34F3N3O6. The molecular weight excluding hydrogens is 603 g/mol. The van der Waals surface area contributed by atoms with Gasteiger partial charge in [-0.25, -0.2) is 0 Å². The molecule has 0 radical (unpaired) electrons. The molecule has 0 saturated heterocycles. The van der Waals surface area contributed by atoms with Crippen LogP contribution in [0, 0.1) is 6.92 Å². The summed E-state index contributed by atoms with van der Waals surface area (Å²) in [4.78, 5) is 30.7. The van der Waals surface area contributed by atoms with Gasteiger partial charge in [-0.05, 0) is 65.6 Å². The number of aryl methyl sites for hydroxylation is 1. The zero-order valence-corrected chi connectivity index (χ0v) is 25.6. The van der Waals surface area contributed by atoms with Gasteiger partial charge in [0, 0.05) is 30.4 Å². The zero-order chi connectivity index (χ0) is 33.2. The van der Waals surface area contributed by atoms with Crippen molar-refractivity contribution in [3.8, 4) is 22.6 Å². The van der Waals surface area contributed by atoms with Crippen LogP contribution in [0.1, 0.15) is 43.2 Å². The standard InChI is InChI=1S/C34H34F3N3O6/c1-21-16-22(8-10-25(21)26-6-4-5-7-27(26)34(35,36)37)32(43)40-20-24-9-11-28(33(44)38(12-14-41)13-15-42)39(24)19-23-17-30(45-2)31(46-3)18-29(23)40/h4-11,16-18,41-42H,12-15,19-20H2,1-3H3. The van der Waals surface area contributed by atoms with Gasteiger partial charge < -0.3 is 34.1 Å². The number of amides is 2. The number of anilines is 1. The molecule has 1 aliphatic heterocycles. The lowest BCUT2D eigenvalue weighted by Crippen LogP contribution is -2.37. The molecule has 2 heterocycles. The Kier molecular flexibility index (Phi) is 9.40. The van der Waals surface area contributed by atoms with Crippen LogP contribution in [0.3, 0.4) is 0 Å². The van der Waals surface area contributed by atoms with E-state index in [1.165, 1.54) is 43.4 Å². The van der Waals surface area contributed by atoms with Crippen molar-refractivity contribution in [2.24, 2.45) is 0 Å². The fourth-order valence-electron chi connectivity index (χ4n) is 5.85. The molecule has 9 nitrogen and oxygen atoms in total. The van der Waals surface area contributed by atoms with E-state index in [-0.39, 0.29) is 56.4 Å². The Morgan fingerprint density at radius 1 is 0.870 bits per heavy atom. The minimum absolute atomic E-state index is 0.0231. The van der Waals surface area contributed by atoms with Crippen molar-refractivity contribution < 1.29 is 42.4 Å². The SMILES string of the molecule is COc1cc2c(cc1OC)N(C(=O)c1ccc(-c3ccccc3C(F)(F)F)c(C)c1)Cc1ccc(C(=O)N(CCO)CCO)n1C2. The number of aliphatic hydroxyl groups is 2. The van der Waals surface area contributed by atoms with Gasteiger partial charge in [-0.15, -0.1) is 0 Å². The Labute approximate surface area is 264 Å². The number of alkyl halides is 3. The first kappa shape index (κ1) is 32.6. The van der Waals surface area contributed by atoms with Gasteiger partial charge in [-0.1, -0.05) is 24.3 Å². The Balaban J connectivity index is 1.59. The normalized spacial score (nSPS) is 12.7. The number of nitrogens with zero attached hydrogens (tertiary/aromatic N) is 3. The molecule has 46 heavy (non-hydrogen) atoms. The second-order valence-electron chi connectivity index (χ2n) is 10.8. The first-order valence-electron chi connectivity index (χ1n) is 14.6. The molecule has 5 rings (SSSR count). The van der Waals surface area contributed by atoms with Crippen molar-refractivity contribution in [3.05, 3.63) is 100 Å². The highest BCUT2D eigenvalue weighted by molar-refractivity contribution is 6.07. The van der Waals surface area contributed by atoms with Crippen LogP contribution < -0.4 is 14.4 Å². The fourth-order valence-corrected chi connectivity index (χ4v) is 5.85. The number of ether oxygens (including phenoxy) is 2. The number of hydrogen-bond donors (Lipinski definition) is 2. The molecule has 0 atom stereocenters. The summed E-state index contributed by atoms with van der Waals surface area (Å²) in [7, 11) is 2.97. The second kappa shape index (κ2) is 13.3. The van der Waals surface area contributed by atoms with Gasteiger partial charge in [0.25, 0.3) is 11.8 Å². The lowest BCUT2D eigenvalue weighted by atomic mass is 9.94. The van der Waals surface area contributed by atoms with E-state index in [0.717, 1.165) is 6.07 Å². The third-order valence-electron chi connectivity index (χ3n) is 8.08. The summed E-state index contributed by atoms with van der Waals surface area (Å²) in [5, 5.41) is 19.0. The van der Waals surface area contributed by atoms with Gasteiger partial charge in [0.2, 0.25) is 0 Å². The third-order valence-corrected chi connectivity index (χ3v) is 8.08. The monoisotopic (exact) mass is 637 g/mol. The lowest BCUT2D eigenvalue weighted by molar-refractivity contribution is -0.137. The largest absolute Gasteiger partial charge is 0.493 e. The third kappa shape index (κ3) is 6.18. The highest BCUT2D eigenvalue weighted by atomic mass is 19.4. The number of fused-ring (bicyclic) bond motifs is 2. The Morgan fingerprint density at radius 2 is 1.54 bits per heavy atom. The van der Waals surface area contributed by atoms with Crippen molar-refractivity contribution in [1.82, 2.24) is 9.47 Å². The topological polar surface area (TPSA) is 104 Å². The van der Waals surface area contributed by atoms with Gasteiger partial charge in [0.1, 0.15) is 5.69 Å². The van der Waals surface area contributed by atoms with E-state index >= 15 is 0 Å². The predicted molar refractivity (Wildman–Crippen MR) is 165 cm³/mol. The van der Waals surface area contributed by atoms with Crippen LogP contribution in [-0.4, -0.2) is 72.0 Å². The Morgan fingerprint density at radius 3 is 2.17 bits per heavy atom. The van der Waals surface area contributed by atoms with E-state index in [1.807, 2.05) is 0 Å². The lowest BCUT2D eigenvalue weighted by Gasteiger charge is -2.24. The molecule has 242 valence electrons. The average Bonchev–Trinajstić information content (AvgIpc) is 3.36. The van der Waals surface area contributed by atoms with Crippen LogP contribution in [0.5, 0.6) is 11.5 Å². The van der Waals surface area contributed by atoms with E-state index in [0.29, 0.717) is 45.3 Å². The zero-order valence-electron chi connectivity index (χ0n) is 25.6. The number of aromatic nitrogens is 1. The summed E-state index contributed by atoms with van der Waals surface area (Å²) in [6.45, 7) is 1.44. The maximum absolute atomic E-state index is 14.3. The van der Waals surface area contributed by atoms with Crippen molar-refractivity contribution >= 4 is 17.5 Å². The van der Waals surface area contributed by atoms with E-state index in [1.54, 1.807) is 52.8 Å². The molecule has 0 bridgehead atoms. The molecule has 0 fully saturated rings. The van der Waals surface area contributed by atoms with Gasteiger partial charge >= 0.3 is 6.18 Å². The van der Waals surface area contributed by atoms with Gasteiger partial charge in [0.15, 0.2) is 11.5 Å². The first-order chi connectivity index (χ1) is 22.0. The van der Waals surface area contributed by atoms with Gasteiger partial charge in [-0.2, -0.15) is 13.2 Å². The molecule has 0 unspecified atom stereocenters. The fraction of sp³-hybridized carbons (Fsp3) is 0.294. The maximum atomic E-state index is 14.3. The highest BCUT2D eigenvalue weighted by Gasteiger charge is 2.34. The van der Waals surface area contributed by atoms with E-state index in [4.69, 9.17) is 9.47 Å². The average molecular weight is 638 g/mol. The quantitative estimate of drug-likeness (QED) is 0.264. The van der Waals surface area contributed by atoms with Crippen molar-refractivity contribution in [1.29, 1.82) is 0 Å². The van der Waals surface area contributed by atoms with Crippen LogP contribution in [0.2, 0.25) is 0 Å². The number of carbonyl (C=O) groups excluding carboxylic acids is 2. The number of carbonyl (C=O) groups is 2. The van der Waals surface area contributed by atoms with Crippen LogP contribution >= 0.6 is 0 Å². The molecule has 3 aromatic carbocycles. The highest BCUT2D eigenvalue weighted by Crippen LogP contribution is 2.41. The molecule has 2 N–H and O–H groups in total. The van der Waals surface area contributed by atoms with Crippen LogP contribution in [0.4, 0.5) is 18.9 Å². The van der Waals surface area contributed by atoms with E-state index in [9.17, 15) is 33.0 Å². The minimum atomic E-state index is -4.55. The smallest absolute Gasteiger partial charge is 0.417 e. The number of aliphatic hydroxyl groups excluding tert-OH is 2. The molecule has 0 saturated carbocycles. The molecule has 1 aromatic heterocycles. The maximum Gasteiger partial charge on any atom is 0.417 e. The minimum Gasteiger partial charge on any atom is -0.493 e. The van der Waals surface area contributed by atoms with Crippen molar-refractivity contribution in [2.75, 3.05) is 45.4 Å². The first-order valence-corrected chi connectivity index (χ1v) is 14.6. The molecule has 2 amide bonds. The van der Waals surface area contributed by atoms with Crippen molar-refractivity contribution in [2.45, 2.75) is 26.2 Å². The van der Waals surface area contributed by atoms with E-state index < -0.39 is 17.6 Å². The molecule has 12 heteroatoms. The predicted octanol–water partition coefficient (Wildman–Crippen LogP) is 5.14. The van der Waals surface area contributed by atoms with Gasteiger partial charge in [0.05, 0.1) is 51.8 Å². The summed E-state index contributed by atoms with van der Waals surface area (Å²) in [5.74, 6) is 0.00979. The second-order valence-corrected chi connectivity index (χ2v) is 10.8. The number of halogens is 3. The van der Waals surface area contributed by atoms with E-state index in [2.05, 4.69) is 0 Å². The molecule has 0 aliphatic carbocycles. The van der Waals surface area contributed by atoms with Gasteiger partial charge in [-0.3, -0.25) is 9.59 Å². The number of rotatable bonds is 9. The molecule has 0 spiro atoms. The number of methoxy groups -OCH3 is 2. The summed E-state index contributed by atoms with van der Waals surface area (Å²) < 4.78 is 54.2. The Hall–Kier alpha value is -4.81. The van der Waals surface area contributed by atoms with Crippen molar-refractivity contribution in [3.63, 3.8) is 0 Å². The summed E-state index contributed by atoms with van der Waals surface area (Å²) in [6, 6.07) is 16.7. The molecule has 1 aliphatic rings. The van der Waals surface area contributed by atoms with Crippen LogP contribution in [0.15, 0.2) is 66.7 Å². The number of hydrogen-bond acceptors (Lipinski definition) is 6. The van der Waals surface area contributed by atoms with Crippen LogP contribution in [0.25, 0.3) is 11.1 Å². The Bertz CT molecular complexity index is 1760. The summed E-state index contributed by atoms with van der Waals surface area (Å²) in [5.41, 5.74) is 2.50. The van der Waals surface area contributed by atoms with Crippen LogP contribution in [-0.2, 0) is 19.3 Å². The molecule has 4 aromatic rings. The number of benzene rings is 3.